The van der Waals surface area contributed by atoms with Gasteiger partial charge in [0.25, 0.3) is 0 Å². The average Bonchev–Trinajstić information content (AvgIpc) is 3.41. The number of hydrogen-bond acceptors (Lipinski definition) is 7. The third-order valence-electron chi connectivity index (χ3n) is 8.48. The maximum atomic E-state index is 12.8. The van der Waals surface area contributed by atoms with Crippen LogP contribution in [0.2, 0.25) is 10.0 Å². The lowest BCUT2D eigenvalue weighted by Gasteiger charge is -2.33. The first-order valence-corrected chi connectivity index (χ1v) is 17.2. The molecule has 220 valence electrons. The summed E-state index contributed by atoms with van der Waals surface area (Å²) >= 11 is 13.1. The van der Waals surface area contributed by atoms with E-state index in [1.54, 1.807) is 0 Å². The second-order valence-electron chi connectivity index (χ2n) is 11.2. The van der Waals surface area contributed by atoms with Crippen LogP contribution in [-0.2, 0) is 31.4 Å². The summed E-state index contributed by atoms with van der Waals surface area (Å²) in [6.45, 7) is 5.87. The van der Waals surface area contributed by atoms with E-state index in [1.165, 1.54) is 5.69 Å². The van der Waals surface area contributed by atoms with Gasteiger partial charge in [-0.2, -0.15) is 0 Å². The van der Waals surface area contributed by atoms with Gasteiger partial charge in [0.2, 0.25) is 0 Å². The van der Waals surface area contributed by atoms with Gasteiger partial charge in [-0.1, -0.05) is 46.6 Å². The highest BCUT2D eigenvalue weighted by atomic mass is 35.5. The van der Waals surface area contributed by atoms with Crippen LogP contribution in [-0.4, -0.2) is 43.2 Å². The molecule has 3 atom stereocenters. The Morgan fingerprint density at radius 2 is 1.73 bits per heavy atom. The van der Waals surface area contributed by atoms with Gasteiger partial charge in [-0.3, -0.25) is 4.57 Å². The van der Waals surface area contributed by atoms with E-state index in [0.29, 0.717) is 71.6 Å². The molecule has 41 heavy (non-hydrogen) atoms. The molecule has 0 unspecified atom stereocenters. The number of halogens is 2. The minimum atomic E-state index is -3.04. The van der Waals surface area contributed by atoms with E-state index < -0.39 is 7.60 Å². The summed E-state index contributed by atoms with van der Waals surface area (Å²) in [5.74, 6) is 1.79. The molecule has 1 saturated heterocycles. The van der Waals surface area contributed by atoms with E-state index >= 15 is 0 Å². The van der Waals surface area contributed by atoms with Gasteiger partial charge in [-0.05, 0) is 75.8 Å². The first-order chi connectivity index (χ1) is 19.9. The SMILES string of the molecule is CCOP(=O)(CCc1ccc(N2C[C@@H]3C[C@H]2C[C@H]3OCc2c(-c3c(Cl)cccc3Cl)noc2C2CC2)cc1)OCC. The number of benzene rings is 2. The van der Waals surface area contributed by atoms with Crippen molar-refractivity contribution in [3.05, 3.63) is 69.4 Å². The maximum absolute atomic E-state index is 12.8. The summed E-state index contributed by atoms with van der Waals surface area (Å²) < 4.78 is 36.1. The molecule has 6 rings (SSSR count). The molecule has 10 heteroatoms. The maximum Gasteiger partial charge on any atom is 0.330 e. The highest BCUT2D eigenvalue weighted by Crippen LogP contribution is 2.49. The fourth-order valence-electron chi connectivity index (χ4n) is 6.35. The lowest BCUT2D eigenvalue weighted by atomic mass is 10.0. The monoisotopic (exact) mass is 618 g/mol. The first-order valence-electron chi connectivity index (χ1n) is 14.7. The van der Waals surface area contributed by atoms with Gasteiger partial charge in [0, 0.05) is 41.2 Å². The predicted octanol–water partition coefficient (Wildman–Crippen LogP) is 8.52. The summed E-state index contributed by atoms with van der Waals surface area (Å²) in [6.07, 6.45) is 5.58. The molecule has 2 aliphatic carbocycles. The molecule has 0 amide bonds. The molecule has 0 spiro atoms. The molecule has 2 saturated carbocycles. The minimum absolute atomic E-state index is 0.193. The van der Waals surface area contributed by atoms with Crippen LogP contribution in [0.15, 0.2) is 47.0 Å². The Balaban J connectivity index is 1.08. The average molecular weight is 620 g/mol. The molecule has 0 radical (unpaired) electrons. The van der Waals surface area contributed by atoms with E-state index in [4.69, 9.17) is 41.5 Å². The Kier molecular flexibility index (Phi) is 8.84. The molecule has 3 aromatic rings. The van der Waals surface area contributed by atoms with Crippen molar-refractivity contribution in [1.82, 2.24) is 5.16 Å². The number of nitrogens with zero attached hydrogens (tertiary/aromatic N) is 2. The zero-order chi connectivity index (χ0) is 28.6. The van der Waals surface area contributed by atoms with E-state index in [0.717, 1.165) is 49.1 Å². The Labute approximate surface area is 252 Å². The van der Waals surface area contributed by atoms with E-state index in [1.807, 2.05) is 32.0 Å². The number of aromatic nitrogens is 1. The quantitative estimate of drug-likeness (QED) is 0.178. The second kappa shape index (κ2) is 12.4. The highest BCUT2D eigenvalue weighted by molar-refractivity contribution is 7.53. The van der Waals surface area contributed by atoms with Crippen LogP contribution in [0.1, 0.15) is 62.3 Å². The van der Waals surface area contributed by atoms with E-state index in [-0.39, 0.29) is 6.10 Å². The Bertz CT molecular complexity index is 1380. The fraction of sp³-hybridized carbons (Fsp3) is 0.516. The largest absolute Gasteiger partial charge is 0.373 e. The molecular formula is C31H37Cl2N2O5P. The van der Waals surface area contributed by atoms with Gasteiger partial charge in [-0.15, -0.1) is 0 Å². The number of rotatable bonds is 13. The molecule has 3 aliphatic rings. The van der Waals surface area contributed by atoms with Crippen molar-refractivity contribution in [2.24, 2.45) is 5.92 Å². The number of piperidine rings is 1. The zero-order valence-electron chi connectivity index (χ0n) is 23.6. The third-order valence-corrected chi connectivity index (χ3v) is 11.2. The molecule has 1 aromatic heterocycles. The van der Waals surface area contributed by atoms with Gasteiger partial charge >= 0.3 is 7.60 Å². The third kappa shape index (κ3) is 6.27. The van der Waals surface area contributed by atoms with Crippen LogP contribution in [0.25, 0.3) is 11.3 Å². The molecular weight excluding hydrogens is 582 g/mol. The molecule has 1 aliphatic heterocycles. The summed E-state index contributed by atoms with van der Waals surface area (Å²) in [7, 11) is -3.04. The Morgan fingerprint density at radius 1 is 1.02 bits per heavy atom. The summed E-state index contributed by atoms with van der Waals surface area (Å²) in [6, 6.07) is 14.6. The van der Waals surface area contributed by atoms with Gasteiger partial charge in [0.05, 0.1) is 42.1 Å². The molecule has 7 nitrogen and oxygen atoms in total. The Morgan fingerprint density at radius 3 is 2.34 bits per heavy atom. The molecule has 2 heterocycles. The zero-order valence-corrected chi connectivity index (χ0v) is 26.0. The van der Waals surface area contributed by atoms with Gasteiger partial charge in [-0.25, -0.2) is 0 Å². The second-order valence-corrected chi connectivity index (χ2v) is 14.2. The van der Waals surface area contributed by atoms with Crippen molar-refractivity contribution in [2.45, 2.75) is 70.6 Å². The van der Waals surface area contributed by atoms with Gasteiger partial charge in [0.15, 0.2) is 0 Å². The smallest absolute Gasteiger partial charge is 0.330 e. The molecule has 2 aromatic carbocycles. The molecule has 2 bridgehead atoms. The summed E-state index contributed by atoms with van der Waals surface area (Å²) in [5.41, 5.74) is 4.75. The number of hydrogen-bond donors (Lipinski definition) is 0. The van der Waals surface area contributed by atoms with Crippen molar-refractivity contribution >= 4 is 36.5 Å². The lowest BCUT2D eigenvalue weighted by molar-refractivity contribution is 0.0122. The van der Waals surface area contributed by atoms with Crippen molar-refractivity contribution in [3.63, 3.8) is 0 Å². The van der Waals surface area contributed by atoms with E-state index in [9.17, 15) is 4.57 Å². The molecule has 0 N–H and O–H groups in total. The van der Waals surface area contributed by atoms with Crippen LogP contribution in [0.5, 0.6) is 0 Å². The predicted molar refractivity (Wildman–Crippen MR) is 162 cm³/mol. The lowest BCUT2D eigenvalue weighted by Crippen LogP contribution is -2.38. The minimum Gasteiger partial charge on any atom is -0.373 e. The summed E-state index contributed by atoms with van der Waals surface area (Å²) in [5, 5.41) is 5.53. The van der Waals surface area contributed by atoms with Crippen molar-refractivity contribution in [3.8, 4) is 11.3 Å². The van der Waals surface area contributed by atoms with Crippen molar-refractivity contribution in [2.75, 3.05) is 30.8 Å². The normalized spacial score (nSPS) is 22.1. The van der Waals surface area contributed by atoms with Crippen LogP contribution in [0.4, 0.5) is 5.69 Å². The van der Waals surface area contributed by atoms with Crippen LogP contribution in [0.3, 0.4) is 0 Å². The highest BCUT2D eigenvalue weighted by Gasteiger charge is 2.45. The van der Waals surface area contributed by atoms with Crippen LogP contribution < -0.4 is 4.90 Å². The number of ether oxygens (including phenoxy) is 1. The van der Waals surface area contributed by atoms with Gasteiger partial charge in [0.1, 0.15) is 11.5 Å². The van der Waals surface area contributed by atoms with Crippen molar-refractivity contribution in [1.29, 1.82) is 0 Å². The number of aryl methyl sites for hydroxylation is 1. The topological polar surface area (TPSA) is 74.0 Å². The molecule has 3 fully saturated rings. The Hall–Kier alpha value is -1.86. The van der Waals surface area contributed by atoms with Crippen LogP contribution >= 0.6 is 30.8 Å². The number of fused-ring (bicyclic) bond motifs is 2. The first kappa shape index (κ1) is 29.2. The van der Waals surface area contributed by atoms with Crippen LogP contribution in [0, 0.1) is 5.92 Å². The van der Waals surface area contributed by atoms with Gasteiger partial charge < -0.3 is 23.2 Å². The standard InChI is InChI=1S/C31H37Cl2N2O5P/c1-3-38-41(36,39-4-2)15-14-20-8-12-23(13-9-20)35-18-22-16-24(35)17-28(22)37-19-25-30(34-40-31(25)21-10-11-21)29-26(32)6-5-7-27(29)33/h5-9,12-13,21-22,24,28H,3-4,10-11,14-19H2,1-2H3/t22-,24-,28+/m0/s1. The number of anilines is 1. The fourth-order valence-corrected chi connectivity index (χ4v) is 8.57. The summed E-state index contributed by atoms with van der Waals surface area (Å²) in [4.78, 5) is 2.50. The van der Waals surface area contributed by atoms with Crippen molar-refractivity contribution < 1.29 is 22.9 Å². The van der Waals surface area contributed by atoms with E-state index in [2.05, 4.69) is 34.3 Å².